The van der Waals surface area contributed by atoms with E-state index in [2.05, 4.69) is 62.3 Å². The van der Waals surface area contributed by atoms with Gasteiger partial charge in [-0.2, -0.15) is 0 Å². The van der Waals surface area contributed by atoms with Crippen molar-refractivity contribution in [2.45, 2.75) is 40.3 Å². The first kappa shape index (κ1) is 13.8. The fraction of sp³-hybridized carbons (Fsp3) is 0.353. The molecule has 2 heteroatoms. The average molecular weight is 254 g/mol. The van der Waals surface area contributed by atoms with Crippen molar-refractivity contribution >= 4 is 0 Å². The van der Waals surface area contributed by atoms with Gasteiger partial charge in [-0.15, -0.1) is 0 Å². The molecule has 1 unspecified atom stereocenters. The molecule has 0 bridgehead atoms. The van der Waals surface area contributed by atoms with Gasteiger partial charge >= 0.3 is 0 Å². The van der Waals surface area contributed by atoms with Crippen LogP contribution >= 0.6 is 0 Å². The van der Waals surface area contributed by atoms with E-state index >= 15 is 0 Å². The van der Waals surface area contributed by atoms with Crippen LogP contribution in [0.1, 0.15) is 40.8 Å². The average Bonchev–Trinajstić information content (AvgIpc) is 2.38. The molecule has 0 fully saturated rings. The van der Waals surface area contributed by atoms with Crippen LogP contribution in [0.4, 0.5) is 0 Å². The van der Waals surface area contributed by atoms with Crippen molar-refractivity contribution in [1.82, 2.24) is 10.3 Å². The number of pyridine rings is 1. The topological polar surface area (TPSA) is 24.9 Å². The lowest BCUT2D eigenvalue weighted by molar-refractivity contribution is 0.571. The van der Waals surface area contributed by atoms with Crippen molar-refractivity contribution in [3.8, 4) is 0 Å². The second kappa shape index (κ2) is 5.98. The zero-order chi connectivity index (χ0) is 13.8. The van der Waals surface area contributed by atoms with Crippen LogP contribution in [-0.2, 0) is 6.54 Å². The number of rotatable bonds is 4. The van der Waals surface area contributed by atoms with Gasteiger partial charge < -0.3 is 5.32 Å². The van der Waals surface area contributed by atoms with Crippen molar-refractivity contribution < 1.29 is 0 Å². The number of hydrogen-bond acceptors (Lipinski definition) is 2. The predicted molar refractivity (Wildman–Crippen MR) is 80.1 cm³/mol. The van der Waals surface area contributed by atoms with E-state index in [0.717, 1.165) is 6.54 Å². The van der Waals surface area contributed by atoms with Crippen LogP contribution in [-0.4, -0.2) is 4.98 Å². The molecule has 19 heavy (non-hydrogen) atoms. The quantitative estimate of drug-likeness (QED) is 0.896. The maximum absolute atomic E-state index is 4.06. The molecule has 2 rings (SSSR count). The first-order valence-corrected chi connectivity index (χ1v) is 6.78. The Labute approximate surface area is 115 Å². The van der Waals surface area contributed by atoms with Crippen LogP contribution in [0, 0.1) is 20.8 Å². The highest BCUT2D eigenvalue weighted by Gasteiger charge is 2.07. The van der Waals surface area contributed by atoms with E-state index in [9.17, 15) is 0 Å². The monoisotopic (exact) mass is 254 g/mol. The van der Waals surface area contributed by atoms with E-state index in [1.807, 2.05) is 12.4 Å². The third-order valence-corrected chi connectivity index (χ3v) is 3.63. The van der Waals surface area contributed by atoms with Gasteiger partial charge in [0.2, 0.25) is 0 Å². The summed E-state index contributed by atoms with van der Waals surface area (Å²) in [6.45, 7) is 9.62. The van der Waals surface area contributed by atoms with Gasteiger partial charge in [0.25, 0.3) is 0 Å². The Kier molecular flexibility index (Phi) is 4.33. The van der Waals surface area contributed by atoms with Crippen LogP contribution in [0.15, 0.2) is 36.7 Å². The zero-order valence-electron chi connectivity index (χ0n) is 12.2. The van der Waals surface area contributed by atoms with Crippen molar-refractivity contribution in [2.24, 2.45) is 0 Å². The molecule has 2 aromatic rings. The molecular formula is C17H22N2. The standard InChI is InChI=1S/C17H22N2/c1-12-9-13(2)17(14(3)10-12)11-19-15(4)16-5-7-18-8-6-16/h5-10,15,19H,11H2,1-4H3. The van der Waals surface area contributed by atoms with Gasteiger partial charge in [-0.25, -0.2) is 0 Å². The summed E-state index contributed by atoms with van der Waals surface area (Å²) < 4.78 is 0. The van der Waals surface area contributed by atoms with Gasteiger partial charge in [0.1, 0.15) is 0 Å². The maximum atomic E-state index is 4.06. The molecule has 0 amide bonds. The summed E-state index contributed by atoms with van der Waals surface area (Å²) in [5.74, 6) is 0. The summed E-state index contributed by atoms with van der Waals surface area (Å²) in [5, 5.41) is 3.59. The largest absolute Gasteiger partial charge is 0.306 e. The lowest BCUT2D eigenvalue weighted by atomic mass is 9.99. The summed E-state index contributed by atoms with van der Waals surface area (Å²) in [5.41, 5.74) is 6.75. The maximum Gasteiger partial charge on any atom is 0.0296 e. The molecule has 1 aromatic heterocycles. The zero-order valence-corrected chi connectivity index (χ0v) is 12.2. The van der Waals surface area contributed by atoms with E-state index in [1.165, 1.54) is 27.8 Å². The number of nitrogens with one attached hydrogen (secondary N) is 1. The molecule has 0 saturated carbocycles. The van der Waals surface area contributed by atoms with Crippen molar-refractivity contribution in [3.05, 3.63) is 64.5 Å². The molecule has 1 atom stereocenters. The highest BCUT2D eigenvalue weighted by molar-refractivity contribution is 5.37. The minimum Gasteiger partial charge on any atom is -0.306 e. The Morgan fingerprint density at radius 2 is 1.63 bits per heavy atom. The summed E-state index contributed by atoms with van der Waals surface area (Å²) in [6, 6.07) is 8.96. The van der Waals surface area contributed by atoms with Gasteiger partial charge in [0.05, 0.1) is 0 Å². The highest BCUT2D eigenvalue weighted by Crippen LogP contribution is 2.18. The molecule has 1 N–H and O–H groups in total. The van der Waals surface area contributed by atoms with Crippen molar-refractivity contribution in [2.75, 3.05) is 0 Å². The van der Waals surface area contributed by atoms with Gasteiger partial charge in [0.15, 0.2) is 0 Å². The number of aromatic nitrogens is 1. The molecule has 0 aliphatic rings. The molecule has 2 nitrogen and oxygen atoms in total. The number of aryl methyl sites for hydroxylation is 3. The Balaban J connectivity index is 2.07. The van der Waals surface area contributed by atoms with E-state index in [1.54, 1.807) is 0 Å². The molecule has 0 radical (unpaired) electrons. The Morgan fingerprint density at radius 1 is 1.05 bits per heavy atom. The first-order chi connectivity index (χ1) is 9.08. The van der Waals surface area contributed by atoms with E-state index < -0.39 is 0 Å². The third-order valence-electron chi connectivity index (χ3n) is 3.63. The molecule has 0 saturated heterocycles. The van der Waals surface area contributed by atoms with Crippen LogP contribution in [0.5, 0.6) is 0 Å². The normalized spacial score (nSPS) is 12.4. The molecule has 0 aliphatic carbocycles. The van der Waals surface area contributed by atoms with E-state index in [0.29, 0.717) is 6.04 Å². The lowest BCUT2D eigenvalue weighted by Gasteiger charge is -2.17. The second-order valence-electron chi connectivity index (χ2n) is 5.26. The summed E-state index contributed by atoms with van der Waals surface area (Å²) in [7, 11) is 0. The Morgan fingerprint density at radius 3 is 2.21 bits per heavy atom. The number of nitrogens with zero attached hydrogens (tertiary/aromatic N) is 1. The Bertz CT molecular complexity index is 523. The van der Waals surface area contributed by atoms with Crippen LogP contribution in [0.3, 0.4) is 0 Å². The second-order valence-corrected chi connectivity index (χ2v) is 5.26. The summed E-state index contributed by atoms with van der Waals surface area (Å²) in [6.07, 6.45) is 3.69. The molecular weight excluding hydrogens is 232 g/mol. The van der Waals surface area contributed by atoms with Gasteiger partial charge in [-0.1, -0.05) is 17.7 Å². The smallest absolute Gasteiger partial charge is 0.0296 e. The summed E-state index contributed by atoms with van der Waals surface area (Å²) in [4.78, 5) is 4.06. The van der Waals surface area contributed by atoms with E-state index in [4.69, 9.17) is 0 Å². The van der Waals surface area contributed by atoms with Gasteiger partial charge in [-0.05, 0) is 62.1 Å². The fourth-order valence-corrected chi connectivity index (χ4v) is 2.51. The SMILES string of the molecule is Cc1cc(C)c(CNC(C)c2ccncc2)c(C)c1. The van der Waals surface area contributed by atoms with Crippen molar-refractivity contribution in [1.29, 1.82) is 0 Å². The molecule has 1 aromatic carbocycles. The van der Waals surface area contributed by atoms with Crippen LogP contribution in [0.2, 0.25) is 0 Å². The highest BCUT2D eigenvalue weighted by atomic mass is 14.9. The minimum atomic E-state index is 0.336. The Hall–Kier alpha value is -1.67. The summed E-state index contributed by atoms with van der Waals surface area (Å²) >= 11 is 0. The molecule has 1 heterocycles. The van der Waals surface area contributed by atoms with E-state index in [-0.39, 0.29) is 0 Å². The molecule has 0 spiro atoms. The fourth-order valence-electron chi connectivity index (χ4n) is 2.51. The van der Waals surface area contributed by atoms with Crippen LogP contribution < -0.4 is 5.32 Å². The first-order valence-electron chi connectivity index (χ1n) is 6.78. The van der Waals surface area contributed by atoms with Crippen molar-refractivity contribution in [3.63, 3.8) is 0 Å². The predicted octanol–water partition coefficient (Wildman–Crippen LogP) is 3.86. The number of benzene rings is 1. The third kappa shape index (κ3) is 3.42. The molecule has 100 valence electrons. The lowest BCUT2D eigenvalue weighted by Crippen LogP contribution is -2.19. The van der Waals surface area contributed by atoms with Gasteiger partial charge in [0, 0.05) is 25.0 Å². The van der Waals surface area contributed by atoms with Crippen LogP contribution in [0.25, 0.3) is 0 Å². The molecule has 0 aliphatic heterocycles. The van der Waals surface area contributed by atoms with Gasteiger partial charge in [-0.3, -0.25) is 4.98 Å². The minimum absolute atomic E-state index is 0.336. The number of hydrogen-bond donors (Lipinski definition) is 1.